The number of ether oxygens (including phenoxy) is 4. The summed E-state index contributed by atoms with van der Waals surface area (Å²) < 4.78 is 52.1. The summed E-state index contributed by atoms with van der Waals surface area (Å²) >= 11 is 5.62. The Bertz CT molecular complexity index is 1310. The zero-order valence-electron chi connectivity index (χ0n) is 23.9. The highest BCUT2D eigenvalue weighted by Crippen LogP contribution is 2.47. The lowest BCUT2D eigenvalue weighted by atomic mass is 10.2. The van der Waals surface area contributed by atoms with Crippen molar-refractivity contribution in [3.05, 3.63) is 52.9 Å². The summed E-state index contributed by atoms with van der Waals surface area (Å²) in [7, 11) is -2.73. The van der Waals surface area contributed by atoms with E-state index < -0.39 is 33.9 Å². The summed E-state index contributed by atoms with van der Waals surface area (Å²) in [6.07, 6.45) is 1.40. The first-order chi connectivity index (χ1) is 19.7. The summed E-state index contributed by atoms with van der Waals surface area (Å²) in [6, 6.07) is 5.56. The van der Waals surface area contributed by atoms with Gasteiger partial charge in [-0.2, -0.15) is 4.98 Å². The fourth-order valence-electron chi connectivity index (χ4n) is 4.12. The van der Waals surface area contributed by atoms with Gasteiger partial charge in [-0.25, -0.2) is 6.57 Å². The smallest absolute Gasteiger partial charge is 0.238 e. The summed E-state index contributed by atoms with van der Waals surface area (Å²) in [5.41, 5.74) is 1.59. The van der Waals surface area contributed by atoms with Gasteiger partial charge in [0.2, 0.25) is 11.3 Å². The lowest BCUT2D eigenvalue weighted by Crippen LogP contribution is -2.27. The molecule has 2 aliphatic rings. The number of hydrogen-bond donors (Lipinski definition) is 2. The van der Waals surface area contributed by atoms with E-state index in [2.05, 4.69) is 27.0 Å². The highest BCUT2D eigenvalue weighted by molar-refractivity contribution is 7.71. The van der Waals surface area contributed by atoms with E-state index >= 15 is 0 Å². The predicted octanol–water partition coefficient (Wildman–Crippen LogP) is 5.55. The second-order valence-corrected chi connectivity index (χ2v) is 10.6. The number of nitrogens with zero attached hydrogens (tertiary/aromatic N) is 3. The van der Waals surface area contributed by atoms with Gasteiger partial charge >= 0.3 is 0 Å². The molecule has 2 N–H and O–H groups in total. The second kappa shape index (κ2) is 14.0. The van der Waals surface area contributed by atoms with Crippen molar-refractivity contribution in [1.29, 1.82) is 0 Å². The molecule has 2 aromatic rings. The maximum Gasteiger partial charge on any atom is 0.238 e. The van der Waals surface area contributed by atoms with Crippen LogP contribution in [0.15, 0.2) is 36.7 Å². The van der Waals surface area contributed by atoms with Crippen LogP contribution in [0, 0.1) is 11.3 Å². The molecule has 2 aliphatic heterocycles. The van der Waals surface area contributed by atoms with Crippen LogP contribution in [0.2, 0.25) is 0 Å². The number of hydrogen-bond acceptors (Lipinski definition) is 10. The zero-order chi connectivity index (χ0) is 29.4. The molecule has 1 aromatic heterocycles. The Kier molecular flexibility index (Phi) is 9.51. The maximum atomic E-state index is 7.39. The van der Waals surface area contributed by atoms with Gasteiger partial charge in [0.15, 0.2) is 25.7 Å². The number of allylic oxidation sites excluding steroid dienone is 1. The Hall–Kier alpha value is -2.78. The number of aromatic nitrogens is 2. The standard InChI is InChI=1S/C26H34N5O6PS/c1-17(2)28-10-7-12-33-18-8-6-9-19-24(18)29-25-21(35-19)15-31(26(39)30-25)23-14-20(22(36-23)16-32-4)37-38(5)34-13-11-27-3/h6,8-9,15,20,22-23,28H,1,7,10-14,16H2,2,4-5H3,(H,29,30,39)/t20?,22-,23-,38?/m1/s1/i4TD/t4?,20?,22-,23-,38?. The molecule has 0 radical (unpaired) electrons. The van der Waals surface area contributed by atoms with Gasteiger partial charge < -0.3 is 43.5 Å². The molecule has 210 valence electrons. The SMILES string of the molecule is [2H]C([3H])OC[C@H]1O[C@@H](n2cc3c(nc2=S)Nc2c(OCCCNC(=C)C)cccc2O3)CC1OP(C)OCC[N+]#[C-]. The molecule has 11 nitrogen and oxygen atoms in total. The minimum atomic E-state index is -1.45. The van der Waals surface area contributed by atoms with Gasteiger partial charge in [0.1, 0.15) is 30.4 Å². The van der Waals surface area contributed by atoms with Crippen molar-refractivity contribution >= 4 is 32.1 Å². The van der Waals surface area contributed by atoms with Gasteiger partial charge in [0, 0.05) is 32.4 Å². The van der Waals surface area contributed by atoms with Crippen LogP contribution in [0.25, 0.3) is 4.85 Å². The molecule has 0 amide bonds. The molecule has 13 heteroatoms. The molecule has 3 heterocycles. The highest BCUT2D eigenvalue weighted by Gasteiger charge is 2.39. The molecular weight excluding hydrogens is 541 g/mol. The van der Waals surface area contributed by atoms with E-state index in [1.165, 1.54) is 0 Å². The topological polar surface area (TPSA) is 102 Å². The Labute approximate surface area is 238 Å². The van der Waals surface area contributed by atoms with Crippen LogP contribution in [0.1, 0.15) is 28.7 Å². The molecule has 1 saturated heterocycles. The molecule has 4 rings (SSSR count). The van der Waals surface area contributed by atoms with Crippen LogP contribution >= 0.6 is 20.6 Å². The number of para-hydroxylation sites is 1. The number of anilines is 2. The quantitative estimate of drug-likeness (QED) is 0.110. The van der Waals surface area contributed by atoms with Crippen LogP contribution in [0.3, 0.4) is 0 Å². The van der Waals surface area contributed by atoms with Gasteiger partial charge in [0.25, 0.3) is 0 Å². The normalized spacial score (nSPS) is 21.6. The number of methoxy groups -OCH3 is 1. The monoisotopic (exact) mass is 578 g/mol. The number of nitrogens with one attached hydrogen (secondary N) is 2. The number of rotatable bonds is 14. The minimum Gasteiger partial charge on any atom is -0.491 e. The third kappa shape index (κ3) is 7.66. The average molecular weight is 579 g/mol. The van der Waals surface area contributed by atoms with E-state index in [9.17, 15) is 0 Å². The van der Waals surface area contributed by atoms with E-state index in [0.717, 1.165) is 18.7 Å². The molecule has 0 spiro atoms. The largest absolute Gasteiger partial charge is 0.491 e. The molecular formula is C26H34N5O6PS. The van der Waals surface area contributed by atoms with Crippen molar-refractivity contribution in [3.8, 4) is 17.2 Å². The first-order valence-electron chi connectivity index (χ1n) is 13.6. The third-order valence-electron chi connectivity index (χ3n) is 5.89. The molecule has 0 saturated carbocycles. The summed E-state index contributed by atoms with van der Waals surface area (Å²) in [6.45, 7) is 16.3. The van der Waals surface area contributed by atoms with Crippen molar-refractivity contribution < 1.29 is 30.7 Å². The van der Waals surface area contributed by atoms with E-state index in [4.69, 9.17) is 49.5 Å². The average Bonchev–Trinajstić information content (AvgIpc) is 3.32. The lowest BCUT2D eigenvalue weighted by Gasteiger charge is -2.25. The van der Waals surface area contributed by atoms with Crippen molar-refractivity contribution in [1.82, 2.24) is 14.9 Å². The first-order valence-corrected chi connectivity index (χ1v) is 14.5. The Morgan fingerprint density at radius 3 is 3.15 bits per heavy atom. The van der Waals surface area contributed by atoms with Gasteiger partial charge in [-0.1, -0.05) is 12.6 Å². The number of benzene rings is 1. The lowest BCUT2D eigenvalue weighted by molar-refractivity contribution is -0.0506. The Morgan fingerprint density at radius 2 is 2.36 bits per heavy atom. The molecule has 5 atom stereocenters. The fraction of sp³-hybridized carbons (Fsp3) is 0.500. The molecule has 1 aromatic carbocycles. The van der Waals surface area contributed by atoms with Crippen LogP contribution < -0.4 is 20.1 Å². The number of fused-ring (bicyclic) bond motifs is 2. The van der Waals surface area contributed by atoms with Gasteiger partial charge in [-0.15, -0.1) is 0 Å². The van der Waals surface area contributed by atoms with E-state index in [1.54, 1.807) is 10.8 Å². The van der Waals surface area contributed by atoms with Crippen molar-refractivity contribution in [2.24, 2.45) is 0 Å². The van der Waals surface area contributed by atoms with Crippen molar-refractivity contribution in [3.63, 3.8) is 0 Å². The molecule has 39 heavy (non-hydrogen) atoms. The minimum absolute atomic E-state index is 0.00673. The predicted molar refractivity (Wildman–Crippen MR) is 151 cm³/mol. The maximum absolute atomic E-state index is 7.39. The molecule has 0 aliphatic carbocycles. The van der Waals surface area contributed by atoms with Gasteiger partial charge in [-0.05, 0) is 37.7 Å². The fourth-order valence-corrected chi connectivity index (χ4v) is 5.38. The van der Waals surface area contributed by atoms with Gasteiger partial charge in [0.05, 0.1) is 28.3 Å². The molecule has 3 unspecified atom stereocenters. The Balaban J connectivity index is 1.46. The van der Waals surface area contributed by atoms with Crippen molar-refractivity contribution in [2.45, 2.75) is 38.2 Å². The first kappa shape index (κ1) is 26.4. The van der Waals surface area contributed by atoms with Crippen LogP contribution in [0.4, 0.5) is 11.5 Å². The zero-order valence-corrected chi connectivity index (χ0v) is 23.6. The van der Waals surface area contributed by atoms with Crippen molar-refractivity contribution in [2.75, 3.05) is 52.0 Å². The second-order valence-electron chi connectivity index (χ2n) is 8.91. The van der Waals surface area contributed by atoms with E-state index in [0.29, 0.717) is 41.8 Å². The van der Waals surface area contributed by atoms with Crippen LogP contribution in [-0.4, -0.2) is 68.4 Å². The van der Waals surface area contributed by atoms with E-state index in [-0.39, 0.29) is 24.5 Å². The summed E-state index contributed by atoms with van der Waals surface area (Å²) in [5, 5.41) is 6.48. The van der Waals surface area contributed by atoms with Gasteiger partial charge in [-0.3, -0.25) is 4.57 Å². The molecule has 1 fully saturated rings. The summed E-state index contributed by atoms with van der Waals surface area (Å²) in [5.74, 6) is 2.16. The molecule has 0 bridgehead atoms. The van der Waals surface area contributed by atoms with Crippen LogP contribution in [-0.2, 0) is 18.5 Å². The Morgan fingerprint density at radius 1 is 1.49 bits per heavy atom. The van der Waals surface area contributed by atoms with Crippen LogP contribution in [0.5, 0.6) is 17.2 Å². The summed E-state index contributed by atoms with van der Waals surface area (Å²) in [4.78, 5) is 7.85. The third-order valence-corrected chi connectivity index (χ3v) is 7.30. The highest BCUT2D eigenvalue weighted by atomic mass is 32.1. The van der Waals surface area contributed by atoms with E-state index in [1.807, 2.05) is 31.8 Å².